The molecular formula is C21H26N2O2. The van der Waals surface area contributed by atoms with Crippen molar-refractivity contribution in [3.63, 3.8) is 0 Å². The lowest BCUT2D eigenvalue weighted by Crippen LogP contribution is -2.37. The van der Waals surface area contributed by atoms with Gasteiger partial charge in [-0.15, -0.1) is 0 Å². The van der Waals surface area contributed by atoms with E-state index in [1.54, 1.807) is 12.4 Å². The topological polar surface area (TPSA) is 42.4 Å². The number of amides is 1. The molecule has 2 aromatic rings. The predicted molar refractivity (Wildman–Crippen MR) is 98.1 cm³/mol. The third-order valence-electron chi connectivity index (χ3n) is 4.63. The van der Waals surface area contributed by atoms with E-state index in [1.807, 2.05) is 17.0 Å². The molecule has 1 aliphatic rings. The SMILES string of the molecule is Cc1cccc(CN(C[C@H]2CCCO2)C(=O)CCc2ccncc2)c1. The van der Waals surface area contributed by atoms with Gasteiger partial charge in [-0.3, -0.25) is 9.78 Å². The molecule has 1 fully saturated rings. The van der Waals surface area contributed by atoms with E-state index in [4.69, 9.17) is 4.74 Å². The van der Waals surface area contributed by atoms with E-state index in [1.165, 1.54) is 11.1 Å². The molecule has 0 spiro atoms. The lowest BCUT2D eigenvalue weighted by Gasteiger charge is -2.26. The number of hydrogen-bond donors (Lipinski definition) is 0. The first-order valence-electron chi connectivity index (χ1n) is 9.04. The standard InChI is InChI=1S/C21H26N2O2/c1-17-4-2-5-19(14-17)15-23(16-20-6-3-13-25-20)21(24)8-7-18-9-11-22-12-10-18/h2,4-5,9-12,14,20H,3,6-8,13,15-16H2,1H3/t20-/m1/s1. The molecule has 0 saturated carbocycles. The second-order valence-corrected chi connectivity index (χ2v) is 6.75. The lowest BCUT2D eigenvalue weighted by atomic mass is 10.1. The number of pyridine rings is 1. The van der Waals surface area contributed by atoms with Crippen molar-refractivity contribution in [3.8, 4) is 0 Å². The quantitative estimate of drug-likeness (QED) is 0.775. The summed E-state index contributed by atoms with van der Waals surface area (Å²) in [4.78, 5) is 18.8. The number of rotatable bonds is 7. The molecule has 0 aliphatic carbocycles. The van der Waals surface area contributed by atoms with Gasteiger partial charge in [0, 0.05) is 38.5 Å². The summed E-state index contributed by atoms with van der Waals surface area (Å²) in [5.41, 5.74) is 3.55. The summed E-state index contributed by atoms with van der Waals surface area (Å²) >= 11 is 0. The highest BCUT2D eigenvalue weighted by Gasteiger charge is 2.22. The highest BCUT2D eigenvalue weighted by atomic mass is 16.5. The molecule has 0 N–H and O–H groups in total. The molecule has 25 heavy (non-hydrogen) atoms. The van der Waals surface area contributed by atoms with Gasteiger partial charge < -0.3 is 9.64 Å². The summed E-state index contributed by atoms with van der Waals surface area (Å²) in [6.07, 6.45) is 7.12. The van der Waals surface area contributed by atoms with Crippen LogP contribution in [0.5, 0.6) is 0 Å². The molecule has 1 aromatic heterocycles. The average molecular weight is 338 g/mol. The van der Waals surface area contributed by atoms with Crippen molar-refractivity contribution in [1.82, 2.24) is 9.88 Å². The van der Waals surface area contributed by atoms with Crippen LogP contribution in [0.25, 0.3) is 0 Å². The molecule has 1 aliphatic heterocycles. The minimum Gasteiger partial charge on any atom is -0.376 e. The molecular weight excluding hydrogens is 312 g/mol. The van der Waals surface area contributed by atoms with Gasteiger partial charge in [-0.1, -0.05) is 29.8 Å². The van der Waals surface area contributed by atoms with E-state index in [2.05, 4.69) is 36.2 Å². The van der Waals surface area contributed by atoms with Crippen molar-refractivity contribution in [2.24, 2.45) is 0 Å². The molecule has 1 amide bonds. The number of aryl methyl sites for hydroxylation is 2. The summed E-state index contributed by atoms with van der Waals surface area (Å²) in [5.74, 6) is 0.189. The number of benzene rings is 1. The zero-order valence-corrected chi connectivity index (χ0v) is 14.9. The number of carbonyl (C=O) groups is 1. The van der Waals surface area contributed by atoms with Crippen molar-refractivity contribution in [2.75, 3.05) is 13.2 Å². The van der Waals surface area contributed by atoms with Crippen LogP contribution in [-0.2, 0) is 22.5 Å². The van der Waals surface area contributed by atoms with E-state index in [0.717, 1.165) is 31.4 Å². The fourth-order valence-corrected chi connectivity index (χ4v) is 3.28. The Hall–Kier alpha value is -2.20. The van der Waals surface area contributed by atoms with E-state index in [0.29, 0.717) is 19.5 Å². The summed E-state index contributed by atoms with van der Waals surface area (Å²) in [6, 6.07) is 12.3. The number of ether oxygens (including phenoxy) is 1. The van der Waals surface area contributed by atoms with Crippen LogP contribution >= 0.6 is 0 Å². The highest BCUT2D eigenvalue weighted by Crippen LogP contribution is 2.17. The Morgan fingerprint density at radius 2 is 2.08 bits per heavy atom. The predicted octanol–water partition coefficient (Wildman–Crippen LogP) is 3.53. The second kappa shape index (κ2) is 8.77. The highest BCUT2D eigenvalue weighted by molar-refractivity contribution is 5.76. The fourth-order valence-electron chi connectivity index (χ4n) is 3.28. The number of nitrogens with zero attached hydrogens (tertiary/aromatic N) is 2. The Labute approximate surface area is 149 Å². The van der Waals surface area contributed by atoms with Crippen LogP contribution in [0.3, 0.4) is 0 Å². The largest absolute Gasteiger partial charge is 0.376 e. The molecule has 4 nitrogen and oxygen atoms in total. The van der Waals surface area contributed by atoms with E-state index in [9.17, 15) is 4.79 Å². The van der Waals surface area contributed by atoms with Gasteiger partial charge in [-0.2, -0.15) is 0 Å². The molecule has 0 bridgehead atoms. The van der Waals surface area contributed by atoms with E-state index >= 15 is 0 Å². The Morgan fingerprint density at radius 3 is 2.80 bits per heavy atom. The Kier molecular flexibility index (Phi) is 6.18. The third-order valence-corrected chi connectivity index (χ3v) is 4.63. The van der Waals surface area contributed by atoms with Gasteiger partial charge in [0.05, 0.1) is 6.10 Å². The Morgan fingerprint density at radius 1 is 1.24 bits per heavy atom. The second-order valence-electron chi connectivity index (χ2n) is 6.75. The normalized spacial score (nSPS) is 16.8. The molecule has 1 aromatic carbocycles. The molecule has 132 valence electrons. The van der Waals surface area contributed by atoms with Crippen molar-refractivity contribution < 1.29 is 9.53 Å². The van der Waals surface area contributed by atoms with Crippen molar-refractivity contribution in [1.29, 1.82) is 0 Å². The van der Waals surface area contributed by atoms with E-state index in [-0.39, 0.29) is 12.0 Å². The maximum absolute atomic E-state index is 12.8. The summed E-state index contributed by atoms with van der Waals surface area (Å²) in [7, 11) is 0. The molecule has 1 saturated heterocycles. The van der Waals surface area contributed by atoms with Gasteiger partial charge in [0.15, 0.2) is 0 Å². The van der Waals surface area contributed by atoms with Gasteiger partial charge in [-0.25, -0.2) is 0 Å². The van der Waals surface area contributed by atoms with Gasteiger partial charge in [0.1, 0.15) is 0 Å². The first-order chi connectivity index (χ1) is 12.2. The van der Waals surface area contributed by atoms with Crippen molar-refractivity contribution >= 4 is 5.91 Å². The van der Waals surface area contributed by atoms with Gasteiger partial charge in [0.2, 0.25) is 5.91 Å². The number of carbonyl (C=O) groups excluding carboxylic acids is 1. The molecule has 0 radical (unpaired) electrons. The van der Waals surface area contributed by atoms with Crippen LogP contribution < -0.4 is 0 Å². The molecule has 4 heteroatoms. The molecule has 3 rings (SSSR count). The monoisotopic (exact) mass is 338 g/mol. The first kappa shape index (κ1) is 17.6. The third kappa shape index (κ3) is 5.40. The summed E-state index contributed by atoms with van der Waals surface area (Å²) in [5, 5.41) is 0. The maximum Gasteiger partial charge on any atom is 0.223 e. The molecule has 2 heterocycles. The first-order valence-corrected chi connectivity index (χ1v) is 9.04. The van der Waals surface area contributed by atoms with Crippen LogP contribution in [0.2, 0.25) is 0 Å². The minimum absolute atomic E-state index is 0.176. The van der Waals surface area contributed by atoms with E-state index < -0.39 is 0 Å². The maximum atomic E-state index is 12.8. The Balaban J connectivity index is 1.64. The van der Waals surface area contributed by atoms with Gasteiger partial charge in [0.25, 0.3) is 0 Å². The minimum atomic E-state index is 0.176. The number of hydrogen-bond acceptors (Lipinski definition) is 3. The zero-order valence-electron chi connectivity index (χ0n) is 14.9. The van der Waals surface area contributed by atoms with Gasteiger partial charge in [-0.05, 0) is 49.4 Å². The van der Waals surface area contributed by atoms with Crippen molar-refractivity contribution in [2.45, 2.75) is 45.3 Å². The van der Waals surface area contributed by atoms with Crippen LogP contribution in [0.4, 0.5) is 0 Å². The molecule has 0 unspecified atom stereocenters. The van der Waals surface area contributed by atoms with Crippen molar-refractivity contribution in [3.05, 3.63) is 65.5 Å². The summed E-state index contributed by atoms with van der Waals surface area (Å²) < 4.78 is 5.76. The smallest absolute Gasteiger partial charge is 0.223 e. The van der Waals surface area contributed by atoms with Crippen LogP contribution in [0, 0.1) is 6.92 Å². The Bertz CT molecular complexity index is 681. The summed E-state index contributed by atoms with van der Waals surface area (Å²) in [6.45, 7) is 4.23. The van der Waals surface area contributed by atoms with Crippen LogP contribution in [0.15, 0.2) is 48.8 Å². The lowest BCUT2D eigenvalue weighted by molar-refractivity contribution is -0.133. The number of aromatic nitrogens is 1. The van der Waals surface area contributed by atoms with Crippen LogP contribution in [-0.4, -0.2) is 35.0 Å². The molecule has 1 atom stereocenters. The fraction of sp³-hybridized carbons (Fsp3) is 0.429. The van der Waals surface area contributed by atoms with Gasteiger partial charge >= 0.3 is 0 Å². The average Bonchev–Trinajstić information content (AvgIpc) is 3.13. The zero-order chi connectivity index (χ0) is 17.5. The van der Waals surface area contributed by atoms with Crippen LogP contribution in [0.1, 0.15) is 36.0 Å².